The second-order valence-electron chi connectivity index (χ2n) is 7.66. The van der Waals surface area contributed by atoms with Crippen LogP contribution >= 0.6 is 11.3 Å². The molecule has 1 aromatic heterocycles. The molecular weight excluding hydrogens is 430 g/mol. The first-order chi connectivity index (χ1) is 15.1. The molecule has 0 bridgehead atoms. The number of aromatic nitrogens is 1. The number of nitriles is 1. The van der Waals surface area contributed by atoms with E-state index in [1.807, 2.05) is 6.07 Å². The fraction of sp³-hybridized carbons (Fsp3) is 0.364. The summed E-state index contributed by atoms with van der Waals surface area (Å²) in [6, 6.07) is 8.81. The summed E-state index contributed by atoms with van der Waals surface area (Å²) in [5, 5.41) is 17.7. The van der Waals surface area contributed by atoms with Crippen LogP contribution in [0.3, 0.4) is 0 Å². The first kappa shape index (κ1) is 24.7. The largest absolute Gasteiger partial charge is 0.444 e. The van der Waals surface area contributed by atoms with Crippen molar-refractivity contribution in [3.8, 4) is 6.07 Å². The van der Waals surface area contributed by atoms with Gasteiger partial charge in [-0.05, 0) is 52.8 Å². The molecule has 0 saturated carbocycles. The van der Waals surface area contributed by atoms with Crippen molar-refractivity contribution in [3.63, 3.8) is 0 Å². The van der Waals surface area contributed by atoms with Gasteiger partial charge in [0.05, 0.1) is 0 Å². The fourth-order valence-electron chi connectivity index (χ4n) is 2.69. The molecule has 9 nitrogen and oxygen atoms in total. The Morgan fingerprint density at radius 3 is 2.53 bits per heavy atom. The Labute approximate surface area is 190 Å². The number of carbonyl (C=O) groups is 2. The summed E-state index contributed by atoms with van der Waals surface area (Å²) < 4.78 is 7.28. The van der Waals surface area contributed by atoms with E-state index in [-0.39, 0.29) is 11.1 Å². The molecule has 0 atom stereocenters. The van der Waals surface area contributed by atoms with Gasteiger partial charge in [-0.3, -0.25) is 19.5 Å². The fourth-order valence-corrected chi connectivity index (χ4v) is 3.78. The van der Waals surface area contributed by atoms with Crippen molar-refractivity contribution in [2.45, 2.75) is 46.8 Å². The number of amides is 2. The maximum atomic E-state index is 12.8. The second kappa shape index (κ2) is 10.6. The van der Waals surface area contributed by atoms with Gasteiger partial charge in [0, 0.05) is 30.7 Å². The SMILES string of the molecule is CCNC(=O)/C(C#N)=c1\s/c(=C/Nc2cccc(NC(=O)OC(C)(C)C)c2)c(=O)n1CC. The molecule has 1 heterocycles. The first-order valence-electron chi connectivity index (χ1n) is 10.1. The van der Waals surface area contributed by atoms with Gasteiger partial charge in [0.25, 0.3) is 11.5 Å². The molecule has 10 heteroatoms. The molecule has 0 aliphatic rings. The molecule has 0 unspecified atom stereocenters. The van der Waals surface area contributed by atoms with E-state index in [9.17, 15) is 19.6 Å². The lowest BCUT2D eigenvalue weighted by molar-refractivity contribution is -0.115. The lowest BCUT2D eigenvalue weighted by Gasteiger charge is -2.19. The van der Waals surface area contributed by atoms with Crippen LogP contribution in [0.15, 0.2) is 29.1 Å². The topological polar surface area (TPSA) is 125 Å². The Morgan fingerprint density at radius 1 is 1.25 bits per heavy atom. The highest BCUT2D eigenvalue weighted by Crippen LogP contribution is 2.16. The van der Waals surface area contributed by atoms with Gasteiger partial charge in [0.15, 0.2) is 5.57 Å². The number of hydrogen-bond donors (Lipinski definition) is 3. The highest BCUT2D eigenvalue weighted by atomic mass is 32.1. The summed E-state index contributed by atoms with van der Waals surface area (Å²) in [7, 11) is 0. The third-order valence-electron chi connectivity index (χ3n) is 3.99. The van der Waals surface area contributed by atoms with Gasteiger partial charge in [0.1, 0.15) is 20.9 Å². The first-order valence-corrected chi connectivity index (χ1v) is 10.9. The van der Waals surface area contributed by atoms with Gasteiger partial charge in [-0.1, -0.05) is 6.07 Å². The van der Waals surface area contributed by atoms with Crippen molar-refractivity contribution in [2.75, 3.05) is 17.2 Å². The van der Waals surface area contributed by atoms with Crippen LogP contribution in [0.5, 0.6) is 0 Å². The van der Waals surface area contributed by atoms with Crippen LogP contribution in [0, 0.1) is 11.3 Å². The summed E-state index contributed by atoms with van der Waals surface area (Å²) in [4.78, 5) is 36.9. The normalized spacial score (nSPS) is 12.6. The summed E-state index contributed by atoms with van der Waals surface area (Å²) >= 11 is 1.06. The van der Waals surface area contributed by atoms with Crippen LogP contribution in [0.2, 0.25) is 0 Å². The number of carbonyl (C=O) groups excluding carboxylic acids is 2. The Morgan fingerprint density at radius 2 is 1.94 bits per heavy atom. The summed E-state index contributed by atoms with van der Waals surface area (Å²) in [6.07, 6.45) is 0.944. The van der Waals surface area contributed by atoms with Crippen molar-refractivity contribution in [2.24, 2.45) is 0 Å². The van der Waals surface area contributed by atoms with Gasteiger partial charge < -0.3 is 15.4 Å². The molecule has 2 aromatic rings. The summed E-state index contributed by atoms with van der Waals surface area (Å²) in [5.41, 5.74) is 0.131. The van der Waals surface area contributed by atoms with Crippen molar-refractivity contribution < 1.29 is 14.3 Å². The van der Waals surface area contributed by atoms with Gasteiger partial charge in [-0.15, -0.1) is 11.3 Å². The molecule has 0 radical (unpaired) electrons. The number of rotatable bonds is 6. The van der Waals surface area contributed by atoms with Crippen molar-refractivity contribution in [1.82, 2.24) is 9.88 Å². The lowest BCUT2D eigenvalue weighted by atomic mass is 10.2. The Kier molecular flexibility index (Phi) is 8.21. The third-order valence-corrected chi connectivity index (χ3v) is 5.12. The Balaban J connectivity index is 2.37. The van der Waals surface area contributed by atoms with Crippen LogP contribution in [-0.4, -0.2) is 28.7 Å². The number of anilines is 2. The van der Waals surface area contributed by atoms with Crippen LogP contribution in [-0.2, 0) is 16.1 Å². The number of thiazole rings is 1. The third kappa shape index (κ3) is 6.46. The molecule has 2 amide bonds. The maximum absolute atomic E-state index is 12.8. The van der Waals surface area contributed by atoms with Crippen LogP contribution in [0.4, 0.5) is 16.2 Å². The predicted molar refractivity (Wildman–Crippen MR) is 126 cm³/mol. The molecule has 0 aliphatic carbocycles. The average Bonchev–Trinajstić information content (AvgIpc) is 3.01. The van der Waals surface area contributed by atoms with Crippen LogP contribution < -0.4 is 30.7 Å². The van der Waals surface area contributed by atoms with Gasteiger partial charge in [-0.2, -0.15) is 5.26 Å². The molecular formula is C22H27N5O4S. The quantitative estimate of drug-likeness (QED) is 0.609. The molecule has 3 N–H and O–H groups in total. The number of ether oxygens (including phenoxy) is 1. The number of nitrogens with one attached hydrogen (secondary N) is 3. The second-order valence-corrected chi connectivity index (χ2v) is 8.69. The molecule has 0 aliphatic heterocycles. The van der Waals surface area contributed by atoms with E-state index < -0.39 is 17.6 Å². The number of nitrogens with zero attached hydrogens (tertiary/aromatic N) is 2. The predicted octanol–water partition coefficient (Wildman–Crippen LogP) is 1.94. The molecule has 0 spiro atoms. The zero-order valence-electron chi connectivity index (χ0n) is 18.7. The molecule has 1 aromatic carbocycles. The van der Waals surface area contributed by atoms with E-state index in [0.717, 1.165) is 11.3 Å². The van der Waals surface area contributed by atoms with E-state index in [2.05, 4.69) is 16.0 Å². The lowest BCUT2D eigenvalue weighted by Crippen LogP contribution is -2.34. The smallest absolute Gasteiger partial charge is 0.412 e. The monoisotopic (exact) mass is 457 g/mol. The summed E-state index contributed by atoms with van der Waals surface area (Å²) in [5.74, 6) is -0.515. The van der Waals surface area contributed by atoms with Crippen molar-refractivity contribution in [3.05, 3.63) is 43.8 Å². The zero-order chi connectivity index (χ0) is 23.9. The Bertz CT molecular complexity index is 1210. The molecule has 170 valence electrons. The van der Waals surface area contributed by atoms with Crippen molar-refractivity contribution >= 4 is 46.5 Å². The van der Waals surface area contributed by atoms with E-state index in [1.54, 1.807) is 58.9 Å². The highest BCUT2D eigenvalue weighted by Gasteiger charge is 2.16. The highest BCUT2D eigenvalue weighted by molar-refractivity contribution is 7.07. The van der Waals surface area contributed by atoms with Gasteiger partial charge >= 0.3 is 6.09 Å². The molecule has 32 heavy (non-hydrogen) atoms. The van der Waals surface area contributed by atoms with Crippen LogP contribution in [0.25, 0.3) is 11.8 Å². The van der Waals surface area contributed by atoms with Crippen molar-refractivity contribution in [1.29, 1.82) is 5.26 Å². The number of benzene rings is 1. The maximum Gasteiger partial charge on any atom is 0.412 e. The summed E-state index contributed by atoms with van der Waals surface area (Å²) in [6.45, 7) is 9.55. The van der Waals surface area contributed by atoms with E-state index in [4.69, 9.17) is 4.74 Å². The van der Waals surface area contributed by atoms with E-state index >= 15 is 0 Å². The minimum Gasteiger partial charge on any atom is -0.444 e. The molecule has 0 saturated heterocycles. The molecule has 2 rings (SSSR count). The van der Waals surface area contributed by atoms with Gasteiger partial charge in [-0.25, -0.2) is 4.79 Å². The minimum absolute atomic E-state index is 0.0981. The van der Waals surface area contributed by atoms with Gasteiger partial charge in [0.2, 0.25) is 0 Å². The standard InChI is InChI=1S/C22H27N5O4S/c1-6-24-18(28)16(12-23)20-27(7-2)19(29)17(32-20)13-25-14-9-8-10-15(11-14)26-21(30)31-22(3,4)5/h8-11,13,25H,6-7H2,1-5H3,(H,24,28)(H,26,30)/b17-13+,20-16-. The van der Waals surface area contributed by atoms with Crippen LogP contribution in [0.1, 0.15) is 34.6 Å². The number of hydrogen-bond acceptors (Lipinski definition) is 7. The minimum atomic E-state index is -0.614. The van der Waals surface area contributed by atoms with E-state index in [0.29, 0.717) is 33.7 Å². The van der Waals surface area contributed by atoms with E-state index in [1.165, 1.54) is 10.8 Å². The molecule has 0 fully saturated rings. The Hall–Kier alpha value is -3.58. The average molecular weight is 458 g/mol. The zero-order valence-corrected chi connectivity index (χ0v) is 19.6.